The van der Waals surface area contributed by atoms with Crippen LogP contribution in [0.2, 0.25) is 0 Å². The van der Waals surface area contributed by atoms with Crippen molar-refractivity contribution in [3.63, 3.8) is 0 Å². The summed E-state index contributed by atoms with van der Waals surface area (Å²) in [4.78, 5) is 12.2. The largest absolute Gasteiger partial charge is 0.382 e. The number of hydrogen-bond donors (Lipinski definition) is 2. The highest BCUT2D eigenvalue weighted by Crippen LogP contribution is 2.31. The predicted octanol–water partition coefficient (Wildman–Crippen LogP) is 1.31. The van der Waals surface area contributed by atoms with Gasteiger partial charge in [0, 0.05) is 26.3 Å². The average Bonchev–Trinajstić information content (AvgIpc) is 2.79. The van der Waals surface area contributed by atoms with E-state index >= 15 is 0 Å². The van der Waals surface area contributed by atoms with Gasteiger partial charge in [0.15, 0.2) is 0 Å². The molecule has 1 unspecified atom stereocenters. The lowest BCUT2D eigenvalue weighted by molar-refractivity contribution is -0.130. The molecular formula is C13H26N2O2. The zero-order valence-electron chi connectivity index (χ0n) is 11.2. The van der Waals surface area contributed by atoms with Crippen molar-refractivity contribution in [1.82, 2.24) is 10.6 Å². The third-order valence-electron chi connectivity index (χ3n) is 3.41. The van der Waals surface area contributed by atoms with Crippen LogP contribution < -0.4 is 10.6 Å². The molecule has 100 valence electrons. The second kappa shape index (κ2) is 7.67. The topological polar surface area (TPSA) is 50.4 Å². The average molecular weight is 242 g/mol. The van der Waals surface area contributed by atoms with Crippen LogP contribution in [0, 0.1) is 5.41 Å². The van der Waals surface area contributed by atoms with E-state index in [0.29, 0.717) is 0 Å². The van der Waals surface area contributed by atoms with E-state index in [-0.39, 0.29) is 11.3 Å². The van der Waals surface area contributed by atoms with E-state index in [4.69, 9.17) is 4.74 Å². The fraction of sp³-hybridized carbons (Fsp3) is 0.923. The first-order chi connectivity index (χ1) is 8.25. The van der Waals surface area contributed by atoms with Crippen LogP contribution >= 0.6 is 0 Å². The molecule has 0 aromatic rings. The second-order valence-electron chi connectivity index (χ2n) is 4.76. The van der Waals surface area contributed by atoms with Gasteiger partial charge >= 0.3 is 0 Å². The van der Waals surface area contributed by atoms with Gasteiger partial charge in [-0.25, -0.2) is 0 Å². The molecule has 4 heteroatoms. The molecule has 1 aliphatic rings. The predicted molar refractivity (Wildman–Crippen MR) is 68.9 cm³/mol. The molecule has 2 N–H and O–H groups in total. The summed E-state index contributed by atoms with van der Waals surface area (Å²) in [6.45, 7) is 8.13. The lowest BCUT2D eigenvalue weighted by Crippen LogP contribution is -2.43. The van der Waals surface area contributed by atoms with Gasteiger partial charge in [0.1, 0.15) is 0 Å². The Kier molecular flexibility index (Phi) is 6.52. The van der Waals surface area contributed by atoms with E-state index in [1.54, 1.807) is 0 Å². The molecule has 0 saturated carbocycles. The molecule has 0 radical (unpaired) electrons. The first-order valence-electron chi connectivity index (χ1n) is 6.82. The molecule has 0 aromatic heterocycles. The van der Waals surface area contributed by atoms with E-state index in [9.17, 15) is 4.79 Å². The fourth-order valence-corrected chi connectivity index (χ4v) is 2.45. The molecule has 0 aliphatic carbocycles. The zero-order chi connectivity index (χ0) is 12.6. The van der Waals surface area contributed by atoms with Crippen molar-refractivity contribution in [2.75, 3.05) is 32.8 Å². The van der Waals surface area contributed by atoms with E-state index in [2.05, 4.69) is 17.6 Å². The Balaban J connectivity index is 2.28. The van der Waals surface area contributed by atoms with Crippen molar-refractivity contribution in [3.8, 4) is 0 Å². The summed E-state index contributed by atoms with van der Waals surface area (Å²) in [6.07, 6.45) is 3.92. The summed E-state index contributed by atoms with van der Waals surface area (Å²) in [5.41, 5.74) is -0.152. The molecule has 1 amide bonds. The molecule has 4 nitrogen and oxygen atoms in total. The van der Waals surface area contributed by atoms with Crippen LogP contribution in [0.1, 0.15) is 39.5 Å². The van der Waals surface area contributed by atoms with Crippen LogP contribution in [0.4, 0.5) is 0 Å². The fourth-order valence-electron chi connectivity index (χ4n) is 2.45. The quantitative estimate of drug-likeness (QED) is 0.631. The first kappa shape index (κ1) is 14.5. The number of hydrogen-bond acceptors (Lipinski definition) is 3. The smallest absolute Gasteiger partial charge is 0.227 e. The van der Waals surface area contributed by atoms with Gasteiger partial charge in [-0.15, -0.1) is 0 Å². The Hall–Kier alpha value is -0.610. The highest BCUT2D eigenvalue weighted by atomic mass is 16.5. The monoisotopic (exact) mass is 242 g/mol. The summed E-state index contributed by atoms with van der Waals surface area (Å²) >= 11 is 0. The van der Waals surface area contributed by atoms with Gasteiger partial charge in [-0.05, 0) is 32.7 Å². The lowest BCUT2D eigenvalue weighted by Gasteiger charge is -2.26. The standard InChI is InChI=1S/C13H26N2O2/c1-3-6-13(7-9-14-11-13)12(16)15-8-5-10-17-4-2/h14H,3-11H2,1-2H3,(H,15,16). The second-order valence-corrected chi connectivity index (χ2v) is 4.76. The maximum absolute atomic E-state index is 12.2. The van der Waals surface area contributed by atoms with Crippen LogP contribution in [0.15, 0.2) is 0 Å². The number of ether oxygens (including phenoxy) is 1. The summed E-state index contributed by atoms with van der Waals surface area (Å²) in [6, 6.07) is 0. The molecule has 1 atom stereocenters. The molecule has 1 heterocycles. The Morgan fingerprint density at radius 3 is 2.88 bits per heavy atom. The summed E-state index contributed by atoms with van der Waals surface area (Å²) < 4.78 is 5.25. The van der Waals surface area contributed by atoms with Crippen molar-refractivity contribution in [2.24, 2.45) is 5.41 Å². The molecule has 0 aromatic carbocycles. The molecular weight excluding hydrogens is 216 g/mol. The Morgan fingerprint density at radius 2 is 2.29 bits per heavy atom. The summed E-state index contributed by atoms with van der Waals surface area (Å²) in [7, 11) is 0. The Labute approximate surface area is 104 Å². The number of amides is 1. The molecule has 17 heavy (non-hydrogen) atoms. The normalized spacial score (nSPS) is 23.9. The van der Waals surface area contributed by atoms with Gasteiger partial charge in [0.25, 0.3) is 0 Å². The highest BCUT2D eigenvalue weighted by molar-refractivity contribution is 5.83. The SMILES string of the molecule is CCCC1(C(=O)NCCCOCC)CCNC1. The number of nitrogens with one attached hydrogen (secondary N) is 2. The minimum atomic E-state index is -0.152. The van der Waals surface area contributed by atoms with Crippen LogP contribution in [0.5, 0.6) is 0 Å². The maximum atomic E-state index is 12.2. The number of carbonyl (C=O) groups is 1. The summed E-state index contributed by atoms with van der Waals surface area (Å²) in [5, 5.41) is 6.35. The van der Waals surface area contributed by atoms with Crippen LogP contribution in [-0.4, -0.2) is 38.8 Å². The summed E-state index contributed by atoms with van der Waals surface area (Å²) in [5.74, 6) is 0.223. The number of carbonyl (C=O) groups excluding carboxylic acids is 1. The van der Waals surface area contributed by atoms with Crippen molar-refractivity contribution < 1.29 is 9.53 Å². The number of rotatable bonds is 8. The van der Waals surface area contributed by atoms with Crippen LogP contribution in [0.25, 0.3) is 0 Å². The highest BCUT2D eigenvalue weighted by Gasteiger charge is 2.39. The van der Waals surface area contributed by atoms with E-state index in [0.717, 1.165) is 58.5 Å². The van der Waals surface area contributed by atoms with Gasteiger partial charge in [0.2, 0.25) is 5.91 Å². The van der Waals surface area contributed by atoms with E-state index < -0.39 is 0 Å². The Bertz CT molecular complexity index is 225. The van der Waals surface area contributed by atoms with Gasteiger partial charge < -0.3 is 15.4 Å². The van der Waals surface area contributed by atoms with Gasteiger partial charge in [-0.1, -0.05) is 13.3 Å². The van der Waals surface area contributed by atoms with E-state index in [1.807, 2.05) is 6.92 Å². The molecule has 1 saturated heterocycles. The Morgan fingerprint density at radius 1 is 1.47 bits per heavy atom. The molecule has 0 bridgehead atoms. The lowest BCUT2D eigenvalue weighted by atomic mass is 9.81. The minimum Gasteiger partial charge on any atom is -0.382 e. The van der Waals surface area contributed by atoms with Crippen molar-refractivity contribution in [2.45, 2.75) is 39.5 Å². The minimum absolute atomic E-state index is 0.152. The third kappa shape index (κ3) is 4.28. The molecule has 0 spiro atoms. The molecule has 1 fully saturated rings. The maximum Gasteiger partial charge on any atom is 0.227 e. The molecule has 1 rings (SSSR count). The first-order valence-corrected chi connectivity index (χ1v) is 6.82. The van der Waals surface area contributed by atoms with Gasteiger partial charge in [-0.3, -0.25) is 4.79 Å². The zero-order valence-corrected chi connectivity index (χ0v) is 11.2. The van der Waals surface area contributed by atoms with Crippen molar-refractivity contribution in [3.05, 3.63) is 0 Å². The van der Waals surface area contributed by atoms with Gasteiger partial charge in [-0.2, -0.15) is 0 Å². The van der Waals surface area contributed by atoms with Crippen molar-refractivity contribution >= 4 is 5.91 Å². The third-order valence-corrected chi connectivity index (χ3v) is 3.41. The van der Waals surface area contributed by atoms with Gasteiger partial charge in [0.05, 0.1) is 5.41 Å². The van der Waals surface area contributed by atoms with Crippen molar-refractivity contribution in [1.29, 1.82) is 0 Å². The van der Waals surface area contributed by atoms with Crippen LogP contribution in [-0.2, 0) is 9.53 Å². The molecule has 1 aliphatic heterocycles. The van der Waals surface area contributed by atoms with E-state index in [1.165, 1.54) is 0 Å². The van der Waals surface area contributed by atoms with Crippen LogP contribution in [0.3, 0.4) is 0 Å².